The maximum Gasteiger partial charge on any atom is 0.312 e. The number of aliphatic carboxylic acids is 1. The smallest absolute Gasteiger partial charge is 0.312 e. The average molecular weight is 251 g/mol. The largest absolute Gasteiger partial charge is 0.492 e. The molecule has 18 heavy (non-hydrogen) atoms. The molecule has 3 N–H and O–H groups in total. The summed E-state index contributed by atoms with van der Waals surface area (Å²) >= 11 is 0. The molecule has 0 aliphatic heterocycles. The van der Waals surface area contributed by atoms with Gasteiger partial charge >= 0.3 is 5.97 Å². The van der Waals surface area contributed by atoms with E-state index in [1.165, 1.54) is 0 Å². The Morgan fingerprint density at radius 1 is 1.44 bits per heavy atom. The summed E-state index contributed by atoms with van der Waals surface area (Å²) in [6.07, 6.45) is 0.808. The van der Waals surface area contributed by atoms with Crippen LogP contribution in [0.3, 0.4) is 0 Å². The van der Waals surface area contributed by atoms with Gasteiger partial charge in [0.25, 0.3) is 0 Å². The van der Waals surface area contributed by atoms with Crippen molar-refractivity contribution in [3.05, 3.63) is 29.8 Å². The Morgan fingerprint density at radius 3 is 2.61 bits per heavy atom. The molecule has 0 saturated heterocycles. The summed E-state index contributed by atoms with van der Waals surface area (Å²) in [5.41, 5.74) is 6.00. The molecule has 0 aliphatic carbocycles. The highest BCUT2D eigenvalue weighted by atomic mass is 16.5. The highest BCUT2D eigenvalue weighted by Crippen LogP contribution is 2.27. The molecule has 1 rings (SSSR count). The van der Waals surface area contributed by atoms with Gasteiger partial charge in [-0.1, -0.05) is 25.1 Å². The molecule has 100 valence electrons. The van der Waals surface area contributed by atoms with Crippen LogP contribution in [0.2, 0.25) is 0 Å². The second-order valence-electron chi connectivity index (χ2n) is 5.03. The Labute approximate surface area is 108 Å². The maximum absolute atomic E-state index is 11.0. The highest BCUT2D eigenvalue weighted by Gasteiger charge is 2.28. The third-order valence-corrected chi connectivity index (χ3v) is 2.93. The minimum Gasteiger partial charge on any atom is -0.492 e. The van der Waals surface area contributed by atoms with Crippen molar-refractivity contribution >= 4 is 5.97 Å². The summed E-state index contributed by atoms with van der Waals surface area (Å²) in [5, 5.41) is 9.04. The van der Waals surface area contributed by atoms with Crippen LogP contribution in [0.15, 0.2) is 24.3 Å². The number of benzene rings is 1. The molecule has 0 heterocycles. The molecule has 1 aromatic rings. The third kappa shape index (κ3) is 3.47. The maximum atomic E-state index is 11.0. The Kier molecular flexibility index (Phi) is 4.73. The van der Waals surface area contributed by atoms with Crippen molar-refractivity contribution in [2.75, 3.05) is 6.61 Å². The van der Waals surface area contributed by atoms with Gasteiger partial charge < -0.3 is 15.6 Å². The molecule has 4 nitrogen and oxygen atoms in total. The van der Waals surface area contributed by atoms with Crippen LogP contribution >= 0.6 is 0 Å². The van der Waals surface area contributed by atoms with Crippen molar-refractivity contribution in [1.29, 1.82) is 0 Å². The summed E-state index contributed by atoms with van der Waals surface area (Å²) in [4.78, 5) is 11.0. The van der Waals surface area contributed by atoms with Gasteiger partial charge in [0.1, 0.15) is 12.4 Å². The van der Waals surface area contributed by atoms with E-state index in [9.17, 15) is 4.79 Å². The predicted molar refractivity (Wildman–Crippen MR) is 70.6 cm³/mol. The second-order valence-corrected chi connectivity index (χ2v) is 5.03. The molecule has 0 aliphatic rings. The van der Waals surface area contributed by atoms with E-state index < -0.39 is 11.4 Å². The van der Waals surface area contributed by atoms with E-state index in [1.807, 2.05) is 31.2 Å². The molecular weight excluding hydrogens is 230 g/mol. The van der Waals surface area contributed by atoms with Crippen LogP contribution in [0, 0.1) is 5.41 Å². The first-order valence-electron chi connectivity index (χ1n) is 6.09. The van der Waals surface area contributed by atoms with Crippen LogP contribution in [0.4, 0.5) is 0 Å². The lowest BCUT2D eigenvalue weighted by molar-refractivity contribution is -0.148. The Bertz CT molecular complexity index is 415. The number of para-hydroxylation sites is 1. The van der Waals surface area contributed by atoms with E-state index >= 15 is 0 Å². The Balaban J connectivity index is 2.82. The minimum atomic E-state index is -0.913. The summed E-state index contributed by atoms with van der Waals surface area (Å²) in [6.45, 7) is 5.40. The fraction of sp³-hybridized carbons (Fsp3) is 0.500. The van der Waals surface area contributed by atoms with E-state index in [4.69, 9.17) is 15.6 Å². The van der Waals surface area contributed by atoms with Gasteiger partial charge in [0.15, 0.2) is 0 Å². The summed E-state index contributed by atoms with van der Waals surface area (Å²) in [7, 11) is 0. The molecule has 0 spiro atoms. The lowest BCUT2D eigenvalue weighted by atomic mass is 9.95. The van der Waals surface area contributed by atoms with Crippen LogP contribution in [0.25, 0.3) is 0 Å². The summed E-state index contributed by atoms with van der Waals surface area (Å²) < 4.78 is 5.63. The molecule has 0 bridgehead atoms. The molecule has 4 heteroatoms. The molecule has 0 unspecified atom stereocenters. The van der Waals surface area contributed by atoms with Crippen molar-refractivity contribution in [1.82, 2.24) is 0 Å². The summed E-state index contributed by atoms with van der Waals surface area (Å²) in [6, 6.07) is 7.41. The average Bonchev–Trinajstić information content (AvgIpc) is 2.35. The van der Waals surface area contributed by atoms with Crippen molar-refractivity contribution < 1.29 is 14.6 Å². The fourth-order valence-electron chi connectivity index (χ4n) is 1.46. The number of rotatable bonds is 6. The van der Waals surface area contributed by atoms with Crippen molar-refractivity contribution in [3.63, 3.8) is 0 Å². The number of nitrogens with two attached hydrogens (primary N) is 1. The zero-order valence-electron chi connectivity index (χ0n) is 11.1. The molecule has 0 saturated carbocycles. The Hall–Kier alpha value is -1.55. The first-order chi connectivity index (χ1) is 8.38. The molecule has 0 aromatic heterocycles. The highest BCUT2D eigenvalue weighted by molar-refractivity contribution is 5.73. The number of carbonyl (C=O) groups is 1. The third-order valence-electron chi connectivity index (χ3n) is 2.93. The summed E-state index contributed by atoms with van der Waals surface area (Å²) in [5.74, 6) is -0.207. The van der Waals surface area contributed by atoms with Gasteiger partial charge in [-0.05, 0) is 26.3 Å². The van der Waals surface area contributed by atoms with Crippen molar-refractivity contribution in [3.8, 4) is 5.75 Å². The minimum absolute atomic E-state index is 0.0888. The van der Waals surface area contributed by atoms with Gasteiger partial charge in [0.2, 0.25) is 0 Å². The van der Waals surface area contributed by atoms with E-state index in [0.717, 1.165) is 12.0 Å². The zero-order valence-corrected chi connectivity index (χ0v) is 11.1. The molecule has 0 fully saturated rings. The number of carboxylic acid groups (broad SMARTS) is 1. The van der Waals surface area contributed by atoms with Gasteiger partial charge in [-0.15, -0.1) is 0 Å². The normalized spacial score (nSPS) is 13.1. The van der Waals surface area contributed by atoms with E-state index in [0.29, 0.717) is 5.75 Å². The fourth-order valence-corrected chi connectivity index (χ4v) is 1.46. The van der Waals surface area contributed by atoms with E-state index in [2.05, 4.69) is 0 Å². The topological polar surface area (TPSA) is 72.5 Å². The van der Waals surface area contributed by atoms with Gasteiger partial charge in [0, 0.05) is 11.6 Å². The quantitative estimate of drug-likeness (QED) is 0.815. The zero-order chi connectivity index (χ0) is 13.8. The second kappa shape index (κ2) is 5.87. The number of carboxylic acids is 1. The predicted octanol–water partition coefficient (Wildman–Crippen LogP) is 2.59. The molecule has 0 radical (unpaired) electrons. The number of ether oxygens (including phenoxy) is 1. The first kappa shape index (κ1) is 14.5. The van der Waals surface area contributed by atoms with Crippen molar-refractivity contribution in [2.45, 2.75) is 33.2 Å². The molecule has 1 atom stereocenters. The van der Waals surface area contributed by atoms with Crippen LogP contribution in [0.5, 0.6) is 5.75 Å². The lowest BCUT2D eigenvalue weighted by Crippen LogP contribution is -2.31. The van der Waals surface area contributed by atoms with E-state index in [1.54, 1.807) is 13.8 Å². The lowest BCUT2D eigenvalue weighted by Gasteiger charge is -2.22. The molecule has 1 aromatic carbocycles. The SMILES string of the molecule is CC[C@H](N)c1ccccc1OCC(C)(C)C(=O)O. The monoisotopic (exact) mass is 251 g/mol. The standard InChI is InChI=1S/C14H21NO3/c1-4-11(15)10-7-5-6-8-12(10)18-9-14(2,3)13(16)17/h5-8,11H,4,9,15H2,1-3H3,(H,16,17)/t11-/m0/s1. The van der Waals surface area contributed by atoms with Crippen LogP contribution < -0.4 is 10.5 Å². The van der Waals surface area contributed by atoms with Crippen LogP contribution in [0.1, 0.15) is 38.8 Å². The first-order valence-corrected chi connectivity index (χ1v) is 6.09. The number of hydrogen-bond acceptors (Lipinski definition) is 3. The van der Waals surface area contributed by atoms with E-state index in [-0.39, 0.29) is 12.6 Å². The number of hydrogen-bond donors (Lipinski definition) is 2. The van der Waals surface area contributed by atoms with Crippen LogP contribution in [-0.4, -0.2) is 17.7 Å². The molecule has 0 amide bonds. The van der Waals surface area contributed by atoms with Gasteiger partial charge in [-0.2, -0.15) is 0 Å². The van der Waals surface area contributed by atoms with Gasteiger partial charge in [-0.25, -0.2) is 0 Å². The van der Waals surface area contributed by atoms with Gasteiger partial charge in [0.05, 0.1) is 5.41 Å². The van der Waals surface area contributed by atoms with Crippen molar-refractivity contribution in [2.24, 2.45) is 11.1 Å². The van der Waals surface area contributed by atoms with Crippen LogP contribution in [-0.2, 0) is 4.79 Å². The Morgan fingerprint density at radius 2 is 2.06 bits per heavy atom. The van der Waals surface area contributed by atoms with Gasteiger partial charge in [-0.3, -0.25) is 4.79 Å². The molecular formula is C14H21NO3.